The highest BCUT2D eigenvalue weighted by Crippen LogP contribution is 2.34. The molecule has 2 nitrogen and oxygen atoms in total. The van der Waals surface area contributed by atoms with Gasteiger partial charge in [0.05, 0.1) is 11.0 Å². The molecule has 0 unspecified atom stereocenters. The number of hydrogen-bond acceptors (Lipinski definition) is 1. The average Bonchev–Trinajstić information content (AvgIpc) is 3.51. The Morgan fingerprint density at radius 1 is 0.408 bits per heavy atom. The summed E-state index contributed by atoms with van der Waals surface area (Å²) in [5.41, 5.74) is 6.06. The first-order chi connectivity index (χ1) is 24.3. The number of rotatable bonds is 4. The summed E-state index contributed by atoms with van der Waals surface area (Å²) in [4.78, 5) is 0. The standard InChI is InChI=1S/C46H31NOSi/c1-2-17-37-32(13-1)14-11-20-38(37)33-27-29-35(30-28-33)49(45-25-9-7-23-43(45)48-44-24-8-10-26-46(44)49)36-16-12-15-34(31-36)47-41-21-5-3-18-39(41)40-19-4-6-22-42(40)47/h1-31H. The first-order valence-electron chi connectivity index (χ1n) is 16.9. The molecule has 3 heteroatoms. The summed E-state index contributed by atoms with van der Waals surface area (Å²) in [6.07, 6.45) is 0. The van der Waals surface area contributed by atoms with E-state index in [0.717, 1.165) is 17.2 Å². The van der Waals surface area contributed by atoms with Crippen LogP contribution in [0.15, 0.2) is 188 Å². The van der Waals surface area contributed by atoms with Crippen molar-refractivity contribution in [3.05, 3.63) is 188 Å². The van der Waals surface area contributed by atoms with E-state index in [4.69, 9.17) is 4.74 Å². The van der Waals surface area contributed by atoms with E-state index in [0.29, 0.717) is 0 Å². The molecule has 0 saturated heterocycles. The number of ether oxygens (including phenoxy) is 1. The SMILES string of the molecule is c1cc(-n2c3ccccc3c3ccccc32)cc([Si]2(c3ccc(-c4cccc5ccccc45)cc3)c3ccccc3Oc3ccccc32)c1. The van der Waals surface area contributed by atoms with Crippen molar-refractivity contribution in [2.24, 2.45) is 0 Å². The minimum Gasteiger partial charge on any atom is -0.458 e. The van der Waals surface area contributed by atoms with Crippen LogP contribution in [0.4, 0.5) is 0 Å². The van der Waals surface area contributed by atoms with Crippen LogP contribution in [0, 0.1) is 0 Å². The van der Waals surface area contributed by atoms with Crippen molar-refractivity contribution >= 4 is 61.4 Å². The van der Waals surface area contributed by atoms with E-state index in [2.05, 4.69) is 193 Å². The van der Waals surface area contributed by atoms with Crippen LogP contribution in [-0.4, -0.2) is 12.6 Å². The Kier molecular flexibility index (Phi) is 6.23. The maximum Gasteiger partial charge on any atom is 0.188 e. The van der Waals surface area contributed by atoms with Crippen LogP contribution in [-0.2, 0) is 0 Å². The molecule has 2 heterocycles. The zero-order chi connectivity index (χ0) is 32.4. The minimum absolute atomic E-state index is 0.938. The molecule has 0 spiro atoms. The lowest BCUT2D eigenvalue weighted by atomic mass is 9.98. The van der Waals surface area contributed by atoms with Crippen molar-refractivity contribution in [1.29, 1.82) is 0 Å². The molecule has 1 aliphatic rings. The zero-order valence-corrected chi connectivity index (χ0v) is 27.8. The molecule has 8 aromatic carbocycles. The summed E-state index contributed by atoms with van der Waals surface area (Å²) >= 11 is 0. The summed E-state index contributed by atoms with van der Waals surface area (Å²) in [7, 11) is -2.87. The molecule has 0 fully saturated rings. The van der Waals surface area contributed by atoms with Crippen molar-refractivity contribution in [1.82, 2.24) is 4.57 Å². The highest BCUT2D eigenvalue weighted by molar-refractivity contribution is 7.20. The highest BCUT2D eigenvalue weighted by Gasteiger charge is 2.48. The number of aromatic nitrogens is 1. The Hall–Kier alpha value is -6.16. The summed E-state index contributed by atoms with van der Waals surface area (Å²) in [5, 5.41) is 10.3. The number of para-hydroxylation sites is 4. The Labute approximate surface area is 286 Å². The molecule has 0 N–H and O–H groups in total. The first-order valence-corrected chi connectivity index (χ1v) is 18.9. The Bertz CT molecular complexity index is 2600. The van der Waals surface area contributed by atoms with E-state index in [-0.39, 0.29) is 0 Å². The van der Waals surface area contributed by atoms with Gasteiger partial charge in [-0.15, -0.1) is 0 Å². The number of hydrogen-bond donors (Lipinski definition) is 0. The largest absolute Gasteiger partial charge is 0.458 e. The predicted octanol–water partition coefficient (Wildman–Crippen LogP) is 9.09. The fourth-order valence-electron chi connectivity index (χ4n) is 8.24. The quantitative estimate of drug-likeness (QED) is 0.175. The lowest BCUT2D eigenvalue weighted by Gasteiger charge is -2.39. The van der Waals surface area contributed by atoms with Crippen molar-refractivity contribution in [2.75, 3.05) is 0 Å². The molecule has 0 radical (unpaired) electrons. The van der Waals surface area contributed by atoms with Gasteiger partial charge in [0.25, 0.3) is 0 Å². The maximum absolute atomic E-state index is 6.66. The van der Waals surface area contributed by atoms with Crippen LogP contribution in [0.5, 0.6) is 11.5 Å². The van der Waals surface area contributed by atoms with Gasteiger partial charge in [0.15, 0.2) is 8.07 Å². The molecule has 230 valence electrons. The molecule has 0 aliphatic carbocycles. The van der Waals surface area contributed by atoms with Gasteiger partial charge in [-0.3, -0.25) is 0 Å². The van der Waals surface area contributed by atoms with E-state index in [1.165, 1.54) is 64.5 Å². The summed E-state index contributed by atoms with van der Waals surface area (Å²) in [6, 6.07) is 68.8. The van der Waals surface area contributed by atoms with Gasteiger partial charge in [0.2, 0.25) is 0 Å². The number of nitrogens with zero attached hydrogens (tertiary/aromatic N) is 1. The van der Waals surface area contributed by atoms with E-state index in [1.54, 1.807) is 0 Å². The van der Waals surface area contributed by atoms with Gasteiger partial charge < -0.3 is 9.30 Å². The first kappa shape index (κ1) is 27.9. The summed E-state index contributed by atoms with van der Waals surface area (Å²) in [6.45, 7) is 0. The third-order valence-corrected chi connectivity index (χ3v) is 15.2. The molecule has 10 rings (SSSR count). The molecule has 0 bridgehead atoms. The van der Waals surface area contributed by atoms with E-state index in [1.807, 2.05) is 0 Å². The number of benzene rings is 8. The molecule has 1 aliphatic heterocycles. The van der Waals surface area contributed by atoms with Crippen LogP contribution >= 0.6 is 0 Å². The van der Waals surface area contributed by atoms with Gasteiger partial charge in [-0.25, -0.2) is 0 Å². The van der Waals surface area contributed by atoms with Crippen molar-refractivity contribution in [2.45, 2.75) is 0 Å². The molecule has 1 aromatic heterocycles. The molecular formula is C46H31NOSi. The van der Waals surface area contributed by atoms with Crippen molar-refractivity contribution < 1.29 is 4.74 Å². The maximum atomic E-state index is 6.66. The Morgan fingerprint density at radius 3 is 1.65 bits per heavy atom. The van der Waals surface area contributed by atoms with Crippen molar-refractivity contribution in [3.63, 3.8) is 0 Å². The van der Waals surface area contributed by atoms with Crippen LogP contribution in [0.3, 0.4) is 0 Å². The molecular weight excluding hydrogens is 611 g/mol. The van der Waals surface area contributed by atoms with Crippen LogP contribution in [0.2, 0.25) is 0 Å². The fraction of sp³-hybridized carbons (Fsp3) is 0. The van der Waals surface area contributed by atoms with Crippen LogP contribution in [0.25, 0.3) is 49.4 Å². The molecule has 0 amide bonds. The van der Waals surface area contributed by atoms with E-state index >= 15 is 0 Å². The second-order valence-corrected chi connectivity index (χ2v) is 16.6. The van der Waals surface area contributed by atoms with Gasteiger partial charge in [0, 0.05) is 16.5 Å². The third kappa shape index (κ3) is 4.13. The number of fused-ring (bicyclic) bond motifs is 6. The van der Waals surface area contributed by atoms with Gasteiger partial charge in [-0.05, 0) is 79.0 Å². The second kappa shape index (κ2) is 10.9. The highest BCUT2D eigenvalue weighted by atomic mass is 28.3. The summed E-state index contributed by atoms with van der Waals surface area (Å²) < 4.78 is 9.09. The monoisotopic (exact) mass is 641 g/mol. The Morgan fingerprint density at radius 2 is 0.959 bits per heavy atom. The zero-order valence-electron chi connectivity index (χ0n) is 26.8. The van der Waals surface area contributed by atoms with Crippen molar-refractivity contribution in [3.8, 4) is 28.3 Å². The van der Waals surface area contributed by atoms with Gasteiger partial charge in [-0.1, -0.05) is 152 Å². The fourth-order valence-corrected chi connectivity index (χ4v) is 13.2. The smallest absolute Gasteiger partial charge is 0.188 e. The predicted molar refractivity (Wildman–Crippen MR) is 207 cm³/mol. The Balaban J connectivity index is 1.25. The van der Waals surface area contributed by atoms with Gasteiger partial charge in [0.1, 0.15) is 11.5 Å². The van der Waals surface area contributed by atoms with Gasteiger partial charge >= 0.3 is 0 Å². The summed E-state index contributed by atoms with van der Waals surface area (Å²) in [5.74, 6) is 1.88. The van der Waals surface area contributed by atoms with E-state index in [9.17, 15) is 0 Å². The second-order valence-electron chi connectivity index (χ2n) is 12.9. The molecule has 0 saturated carbocycles. The normalized spacial score (nSPS) is 13.2. The molecule has 49 heavy (non-hydrogen) atoms. The lowest BCUT2D eigenvalue weighted by molar-refractivity contribution is 0.487. The topological polar surface area (TPSA) is 14.2 Å². The van der Waals surface area contributed by atoms with Crippen LogP contribution < -0.4 is 25.5 Å². The van der Waals surface area contributed by atoms with Gasteiger partial charge in [-0.2, -0.15) is 0 Å². The lowest BCUT2D eigenvalue weighted by Crippen LogP contribution is -2.76. The third-order valence-electron chi connectivity index (χ3n) is 10.3. The van der Waals surface area contributed by atoms with Crippen LogP contribution in [0.1, 0.15) is 0 Å². The molecule has 0 atom stereocenters. The molecule has 9 aromatic rings. The average molecular weight is 642 g/mol. The van der Waals surface area contributed by atoms with E-state index < -0.39 is 8.07 Å². The minimum atomic E-state index is -2.87.